The van der Waals surface area contributed by atoms with E-state index in [1.807, 2.05) is 62.4 Å². The zero-order valence-electron chi connectivity index (χ0n) is 16.2. The van der Waals surface area contributed by atoms with E-state index in [9.17, 15) is 4.79 Å². The molecule has 3 aromatic carbocycles. The van der Waals surface area contributed by atoms with Crippen molar-refractivity contribution in [2.45, 2.75) is 20.5 Å². The zero-order chi connectivity index (χ0) is 20.8. The lowest BCUT2D eigenvalue weighted by Crippen LogP contribution is -2.13. The van der Waals surface area contributed by atoms with Gasteiger partial charge in [0.25, 0.3) is 5.91 Å². The maximum absolute atomic E-state index is 12.8. The zero-order valence-corrected chi connectivity index (χ0v) is 18.5. The lowest BCUT2D eigenvalue weighted by molar-refractivity contribution is 0.102. The quantitative estimate of drug-likeness (QED) is 0.417. The summed E-state index contributed by atoms with van der Waals surface area (Å²) in [6.45, 7) is 4.57. The molecule has 0 unspecified atom stereocenters. The maximum atomic E-state index is 12.8. The number of aryl methyl sites for hydroxylation is 1. The van der Waals surface area contributed by atoms with E-state index in [1.165, 1.54) is 0 Å². The molecular weight excluding hydrogens is 454 g/mol. The Morgan fingerprint density at radius 1 is 1.07 bits per heavy atom. The third kappa shape index (κ3) is 5.52. The minimum Gasteiger partial charge on any atom is -0.490 e. The van der Waals surface area contributed by atoms with Crippen molar-refractivity contribution in [3.05, 3.63) is 86.8 Å². The van der Waals surface area contributed by atoms with Crippen LogP contribution in [0, 0.1) is 6.92 Å². The normalized spacial score (nSPS) is 10.5. The van der Waals surface area contributed by atoms with E-state index >= 15 is 0 Å². The third-order valence-electron chi connectivity index (χ3n) is 4.23. The van der Waals surface area contributed by atoms with Gasteiger partial charge in [0.15, 0.2) is 11.5 Å². The van der Waals surface area contributed by atoms with Gasteiger partial charge in [-0.15, -0.1) is 0 Å². The van der Waals surface area contributed by atoms with Crippen LogP contribution in [0.25, 0.3) is 0 Å². The van der Waals surface area contributed by atoms with Gasteiger partial charge in [0.05, 0.1) is 11.6 Å². The Labute approximate surface area is 183 Å². The highest BCUT2D eigenvalue weighted by molar-refractivity contribution is 9.10. The Balaban J connectivity index is 1.83. The predicted octanol–water partition coefficient (Wildman–Crippen LogP) is 6.64. The van der Waals surface area contributed by atoms with E-state index in [0.717, 1.165) is 21.3 Å². The molecule has 3 aromatic rings. The number of hydrogen-bond donors (Lipinski definition) is 1. The van der Waals surface area contributed by atoms with Gasteiger partial charge in [-0.25, -0.2) is 0 Å². The Kier molecular flexibility index (Phi) is 7.18. The molecule has 0 spiro atoms. The molecule has 0 saturated heterocycles. The topological polar surface area (TPSA) is 47.6 Å². The van der Waals surface area contributed by atoms with Crippen molar-refractivity contribution in [1.82, 2.24) is 0 Å². The molecule has 0 heterocycles. The summed E-state index contributed by atoms with van der Waals surface area (Å²) in [7, 11) is 0. The Hall–Kier alpha value is -2.50. The Morgan fingerprint density at radius 2 is 1.83 bits per heavy atom. The molecular formula is C23H21BrClNO3. The first-order chi connectivity index (χ1) is 14.0. The van der Waals surface area contributed by atoms with Crippen molar-refractivity contribution >= 4 is 39.1 Å². The number of rotatable bonds is 7. The van der Waals surface area contributed by atoms with Crippen LogP contribution in [0.3, 0.4) is 0 Å². The van der Waals surface area contributed by atoms with Crippen molar-refractivity contribution in [1.29, 1.82) is 0 Å². The van der Waals surface area contributed by atoms with Crippen LogP contribution >= 0.6 is 27.5 Å². The van der Waals surface area contributed by atoms with Gasteiger partial charge in [-0.2, -0.15) is 0 Å². The van der Waals surface area contributed by atoms with E-state index in [-0.39, 0.29) is 5.91 Å². The minimum absolute atomic E-state index is 0.270. The summed E-state index contributed by atoms with van der Waals surface area (Å²) in [6, 6.07) is 18.7. The van der Waals surface area contributed by atoms with E-state index in [0.29, 0.717) is 35.3 Å². The molecule has 0 radical (unpaired) electrons. The molecule has 4 nitrogen and oxygen atoms in total. The van der Waals surface area contributed by atoms with Gasteiger partial charge < -0.3 is 14.8 Å². The van der Waals surface area contributed by atoms with E-state index in [4.69, 9.17) is 21.1 Å². The fourth-order valence-electron chi connectivity index (χ4n) is 2.79. The SMILES string of the molecule is CCOc1cc(C(=O)Nc2ccc(Br)cc2C)cc(Cl)c1OCc1ccccc1. The molecule has 0 aliphatic carbocycles. The monoisotopic (exact) mass is 473 g/mol. The Bertz CT molecular complexity index is 1010. The van der Waals surface area contributed by atoms with Crippen molar-refractivity contribution in [3.8, 4) is 11.5 Å². The first-order valence-corrected chi connectivity index (χ1v) is 10.4. The molecule has 6 heteroatoms. The summed E-state index contributed by atoms with van der Waals surface area (Å²) >= 11 is 9.87. The van der Waals surface area contributed by atoms with Crippen LogP contribution in [-0.2, 0) is 6.61 Å². The number of benzene rings is 3. The predicted molar refractivity (Wildman–Crippen MR) is 120 cm³/mol. The third-order valence-corrected chi connectivity index (χ3v) is 5.01. The van der Waals surface area contributed by atoms with Crippen LogP contribution < -0.4 is 14.8 Å². The summed E-state index contributed by atoms with van der Waals surface area (Å²) in [5, 5.41) is 3.24. The van der Waals surface area contributed by atoms with Crippen molar-refractivity contribution in [3.63, 3.8) is 0 Å². The van der Waals surface area contributed by atoms with Gasteiger partial charge in [-0.05, 0) is 55.3 Å². The largest absolute Gasteiger partial charge is 0.490 e. The number of anilines is 1. The van der Waals surface area contributed by atoms with Crippen LogP contribution in [0.4, 0.5) is 5.69 Å². The molecule has 3 rings (SSSR count). The standard InChI is InChI=1S/C23H21BrClNO3/c1-3-28-21-13-17(23(27)26-20-10-9-18(24)11-15(20)2)12-19(25)22(21)29-14-16-7-5-4-6-8-16/h4-13H,3,14H2,1-2H3,(H,26,27). The van der Waals surface area contributed by atoms with Gasteiger partial charge in [0.1, 0.15) is 6.61 Å². The first-order valence-electron chi connectivity index (χ1n) is 9.18. The molecule has 0 aliphatic heterocycles. The second-order valence-electron chi connectivity index (χ2n) is 6.41. The molecule has 1 N–H and O–H groups in total. The number of carbonyl (C=O) groups excluding carboxylic acids is 1. The molecule has 0 aliphatic rings. The highest BCUT2D eigenvalue weighted by Gasteiger charge is 2.17. The van der Waals surface area contributed by atoms with E-state index in [2.05, 4.69) is 21.2 Å². The average molecular weight is 475 g/mol. The van der Waals surface area contributed by atoms with Crippen LogP contribution in [-0.4, -0.2) is 12.5 Å². The van der Waals surface area contributed by atoms with E-state index < -0.39 is 0 Å². The van der Waals surface area contributed by atoms with Gasteiger partial charge in [0, 0.05) is 15.7 Å². The van der Waals surface area contributed by atoms with Crippen molar-refractivity contribution < 1.29 is 14.3 Å². The number of amides is 1. The van der Waals surface area contributed by atoms with Crippen molar-refractivity contribution in [2.75, 3.05) is 11.9 Å². The summed E-state index contributed by atoms with van der Waals surface area (Å²) in [6.07, 6.45) is 0. The fourth-order valence-corrected chi connectivity index (χ4v) is 3.53. The van der Waals surface area contributed by atoms with Crippen molar-refractivity contribution in [2.24, 2.45) is 0 Å². The summed E-state index contributed by atoms with van der Waals surface area (Å²) in [5.41, 5.74) is 3.09. The number of hydrogen-bond acceptors (Lipinski definition) is 3. The number of ether oxygens (including phenoxy) is 2. The summed E-state index contributed by atoms with van der Waals surface area (Å²) in [4.78, 5) is 12.8. The highest BCUT2D eigenvalue weighted by atomic mass is 79.9. The molecule has 0 bridgehead atoms. The minimum atomic E-state index is -0.270. The number of nitrogens with one attached hydrogen (secondary N) is 1. The second-order valence-corrected chi connectivity index (χ2v) is 7.73. The maximum Gasteiger partial charge on any atom is 0.255 e. The Morgan fingerprint density at radius 3 is 2.52 bits per heavy atom. The lowest BCUT2D eigenvalue weighted by Gasteiger charge is -2.16. The molecule has 1 amide bonds. The number of carbonyl (C=O) groups is 1. The second kappa shape index (κ2) is 9.81. The van der Waals surface area contributed by atoms with Crippen LogP contribution in [0.15, 0.2) is 65.1 Å². The summed E-state index contributed by atoms with van der Waals surface area (Å²) in [5.74, 6) is 0.593. The molecule has 150 valence electrons. The number of halogens is 2. The van der Waals surface area contributed by atoms with Crippen LogP contribution in [0.1, 0.15) is 28.4 Å². The summed E-state index contributed by atoms with van der Waals surface area (Å²) < 4.78 is 12.5. The smallest absolute Gasteiger partial charge is 0.255 e. The van der Waals surface area contributed by atoms with Crippen LogP contribution in [0.2, 0.25) is 5.02 Å². The highest BCUT2D eigenvalue weighted by Crippen LogP contribution is 2.37. The first kappa shape index (κ1) is 21.2. The molecule has 0 saturated carbocycles. The fraction of sp³-hybridized carbons (Fsp3) is 0.174. The molecule has 0 atom stereocenters. The lowest BCUT2D eigenvalue weighted by atomic mass is 10.1. The molecule has 0 fully saturated rings. The molecule has 0 aromatic heterocycles. The van der Waals surface area contributed by atoms with E-state index in [1.54, 1.807) is 12.1 Å². The van der Waals surface area contributed by atoms with Gasteiger partial charge in [0.2, 0.25) is 0 Å². The van der Waals surface area contributed by atoms with Crippen LogP contribution in [0.5, 0.6) is 11.5 Å². The van der Waals surface area contributed by atoms with Gasteiger partial charge in [-0.3, -0.25) is 4.79 Å². The average Bonchev–Trinajstić information content (AvgIpc) is 2.70. The van der Waals surface area contributed by atoms with Gasteiger partial charge >= 0.3 is 0 Å². The molecule has 29 heavy (non-hydrogen) atoms. The van der Waals surface area contributed by atoms with Gasteiger partial charge in [-0.1, -0.05) is 57.9 Å².